The molecular formula is C14H10BrNOS. The van der Waals surface area contributed by atoms with E-state index in [1.54, 1.807) is 11.8 Å². The van der Waals surface area contributed by atoms with Gasteiger partial charge in [0, 0.05) is 20.5 Å². The normalized spacial score (nSPS) is 21.2. The third kappa shape index (κ3) is 1.90. The van der Waals surface area contributed by atoms with Gasteiger partial charge < -0.3 is 5.73 Å². The summed E-state index contributed by atoms with van der Waals surface area (Å²) in [5, 5.41) is -0.257. The Kier molecular flexibility index (Phi) is 3.01. The fraction of sp³-hybridized carbons (Fsp3) is 0.0714. The zero-order valence-corrected chi connectivity index (χ0v) is 11.8. The van der Waals surface area contributed by atoms with Gasteiger partial charge in [0.25, 0.3) is 0 Å². The second-order valence-electron chi connectivity index (χ2n) is 4.09. The molecule has 90 valence electrons. The Morgan fingerprint density at radius 2 is 2.00 bits per heavy atom. The van der Waals surface area contributed by atoms with Gasteiger partial charge in [-0.15, -0.1) is 11.8 Å². The van der Waals surface area contributed by atoms with Crippen molar-refractivity contribution in [2.24, 2.45) is 5.73 Å². The van der Waals surface area contributed by atoms with E-state index in [0.29, 0.717) is 11.1 Å². The largest absolute Gasteiger partial charge is 0.315 e. The molecule has 0 saturated carbocycles. The number of Topliss-reactive ketones (excluding diaryl/α,β-unsaturated/α-hetero) is 1. The number of carbonyl (C=O) groups is 1. The zero-order chi connectivity index (χ0) is 12.7. The van der Waals surface area contributed by atoms with E-state index in [9.17, 15) is 4.79 Å². The van der Waals surface area contributed by atoms with Gasteiger partial charge in [0.15, 0.2) is 5.78 Å². The van der Waals surface area contributed by atoms with E-state index < -0.39 is 0 Å². The molecule has 2 aliphatic rings. The quantitative estimate of drug-likeness (QED) is 0.849. The predicted octanol–water partition coefficient (Wildman–Crippen LogP) is 3.41. The standard InChI is InChI=1S/C14H10BrNOS/c15-9-6-4-8(5-7-9)13(17)12-10-2-1-3-11(10)18-14(12)16/h1-7,14H,16H2. The van der Waals surface area contributed by atoms with Crippen LogP contribution in [0, 0.1) is 0 Å². The molecule has 2 N–H and O–H groups in total. The van der Waals surface area contributed by atoms with Gasteiger partial charge in [-0.1, -0.05) is 28.1 Å². The minimum Gasteiger partial charge on any atom is -0.315 e. The van der Waals surface area contributed by atoms with Crippen LogP contribution >= 0.6 is 27.7 Å². The van der Waals surface area contributed by atoms with Crippen LogP contribution < -0.4 is 5.73 Å². The number of hydrogen-bond acceptors (Lipinski definition) is 3. The van der Waals surface area contributed by atoms with Crippen LogP contribution in [-0.2, 0) is 0 Å². The molecule has 0 radical (unpaired) electrons. The van der Waals surface area contributed by atoms with Crippen molar-refractivity contribution in [1.29, 1.82) is 0 Å². The smallest absolute Gasteiger partial charge is 0.192 e. The van der Waals surface area contributed by atoms with E-state index in [4.69, 9.17) is 5.73 Å². The maximum absolute atomic E-state index is 12.5. The Labute approximate surface area is 118 Å². The van der Waals surface area contributed by atoms with Gasteiger partial charge in [-0.3, -0.25) is 4.79 Å². The van der Waals surface area contributed by atoms with Crippen molar-refractivity contribution in [3.8, 4) is 0 Å². The van der Waals surface area contributed by atoms with E-state index in [1.165, 1.54) is 0 Å². The summed E-state index contributed by atoms with van der Waals surface area (Å²) < 4.78 is 0.961. The van der Waals surface area contributed by atoms with E-state index in [2.05, 4.69) is 15.9 Å². The van der Waals surface area contributed by atoms with Crippen molar-refractivity contribution in [3.05, 3.63) is 68.6 Å². The molecular weight excluding hydrogens is 310 g/mol. The van der Waals surface area contributed by atoms with Crippen molar-refractivity contribution in [2.75, 3.05) is 0 Å². The van der Waals surface area contributed by atoms with Gasteiger partial charge in [-0.05, 0) is 35.9 Å². The summed E-state index contributed by atoms with van der Waals surface area (Å²) in [5.74, 6) is 0.0208. The van der Waals surface area contributed by atoms with E-state index >= 15 is 0 Å². The van der Waals surface area contributed by atoms with E-state index in [1.807, 2.05) is 42.5 Å². The zero-order valence-electron chi connectivity index (χ0n) is 9.39. The Morgan fingerprint density at radius 1 is 1.28 bits per heavy atom. The predicted molar refractivity (Wildman–Crippen MR) is 78.3 cm³/mol. The number of carbonyl (C=O) groups excluding carboxylic acids is 1. The molecule has 0 aromatic heterocycles. The second-order valence-corrected chi connectivity index (χ2v) is 6.19. The monoisotopic (exact) mass is 319 g/mol. The molecule has 0 saturated heterocycles. The van der Waals surface area contributed by atoms with Crippen LogP contribution in [-0.4, -0.2) is 11.2 Å². The number of hydrogen-bond donors (Lipinski definition) is 1. The van der Waals surface area contributed by atoms with Crippen molar-refractivity contribution in [2.45, 2.75) is 5.37 Å². The first-order valence-electron chi connectivity index (χ1n) is 5.52. The molecule has 1 aliphatic carbocycles. The van der Waals surface area contributed by atoms with Crippen molar-refractivity contribution in [1.82, 2.24) is 0 Å². The molecule has 18 heavy (non-hydrogen) atoms. The molecule has 1 unspecified atom stereocenters. The van der Waals surface area contributed by atoms with Crippen LogP contribution in [0.2, 0.25) is 0 Å². The minimum atomic E-state index is -0.257. The van der Waals surface area contributed by atoms with Crippen LogP contribution in [0.5, 0.6) is 0 Å². The molecule has 4 heteroatoms. The highest BCUT2D eigenvalue weighted by Gasteiger charge is 2.32. The Hall–Kier alpha value is -1.10. The molecule has 1 atom stereocenters. The highest BCUT2D eigenvalue weighted by atomic mass is 79.9. The molecule has 1 aromatic rings. The minimum absolute atomic E-state index is 0.0208. The van der Waals surface area contributed by atoms with Crippen LogP contribution in [0.1, 0.15) is 10.4 Å². The lowest BCUT2D eigenvalue weighted by Gasteiger charge is -2.08. The first-order valence-corrected chi connectivity index (χ1v) is 7.19. The molecule has 0 amide bonds. The number of rotatable bonds is 2. The van der Waals surface area contributed by atoms with Crippen molar-refractivity contribution < 1.29 is 4.79 Å². The molecule has 1 aromatic carbocycles. The highest BCUT2D eigenvalue weighted by molar-refractivity contribution is 9.10. The molecule has 0 fully saturated rings. The second kappa shape index (κ2) is 4.53. The fourth-order valence-electron chi connectivity index (χ4n) is 2.09. The van der Waals surface area contributed by atoms with Crippen molar-refractivity contribution >= 4 is 33.5 Å². The van der Waals surface area contributed by atoms with Crippen LogP contribution in [0.25, 0.3) is 0 Å². The maximum Gasteiger partial charge on any atom is 0.192 e. The summed E-state index contributed by atoms with van der Waals surface area (Å²) in [6, 6.07) is 7.37. The third-order valence-electron chi connectivity index (χ3n) is 2.96. The summed E-state index contributed by atoms with van der Waals surface area (Å²) in [5.41, 5.74) is 8.41. The SMILES string of the molecule is NC1SC2=CC=CC2=C1C(=O)c1ccc(Br)cc1. The number of benzene rings is 1. The first-order chi connectivity index (χ1) is 8.66. The number of thioether (sulfide) groups is 1. The molecule has 2 nitrogen and oxygen atoms in total. The highest BCUT2D eigenvalue weighted by Crippen LogP contribution is 2.43. The molecule has 1 aliphatic heterocycles. The summed E-state index contributed by atoms with van der Waals surface area (Å²) in [7, 11) is 0. The maximum atomic E-state index is 12.5. The number of allylic oxidation sites excluding steroid dienone is 4. The molecule has 3 rings (SSSR count). The van der Waals surface area contributed by atoms with E-state index in [-0.39, 0.29) is 11.2 Å². The summed E-state index contributed by atoms with van der Waals surface area (Å²) in [6.07, 6.45) is 5.92. The van der Waals surface area contributed by atoms with Crippen LogP contribution in [0.15, 0.2) is 63.0 Å². The lowest BCUT2D eigenvalue weighted by Crippen LogP contribution is -2.21. The van der Waals surface area contributed by atoms with Gasteiger partial charge in [0.05, 0.1) is 5.37 Å². The summed E-state index contributed by atoms with van der Waals surface area (Å²) in [4.78, 5) is 13.6. The van der Waals surface area contributed by atoms with E-state index in [0.717, 1.165) is 15.0 Å². The molecule has 1 heterocycles. The average Bonchev–Trinajstić information content (AvgIpc) is 2.89. The van der Waals surface area contributed by atoms with Crippen molar-refractivity contribution in [3.63, 3.8) is 0 Å². The third-order valence-corrected chi connectivity index (χ3v) is 4.58. The molecule has 0 spiro atoms. The summed E-state index contributed by atoms with van der Waals surface area (Å²) >= 11 is 4.91. The van der Waals surface area contributed by atoms with Gasteiger partial charge in [0.1, 0.15) is 0 Å². The number of fused-ring (bicyclic) bond motifs is 1. The average molecular weight is 320 g/mol. The number of ketones is 1. The Morgan fingerprint density at radius 3 is 2.72 bits per heavy atom. The van der Waals surface area contributed by atoms with Gasteiger partial charge in [0.2, 0.25) is 0 Å². The Bertz CT molecular complexity index is 613. The lowest BCUT2D eigenvalue weighted by atomic mass is 9.99. The summed E-state index contributed by atoms with van der Waals surface area (Å²) in [6.45, 7) is 0. The van der Waals surface area contributed by atoms with Gasteiger partial charge in [-0.2, -0.15) is 0 Å². The van der Waals surface area contributed by atoms with Gasteiger partial charge in [-0.25, -0.2) is 0 Å². The molecule has 0 bridgehead atoms. The first kappa shape index (κ1) is 12.0. The number of halogens is 1. The Balaban J connectivity index is 2.03. The topological polar surface area (TPSA) is 43.1 Å². The van der Waals surface area contributed by atoms with Crippen LogP contribution in [0.4, 0.5) is 0 Å². The van der Waals surface area contributed by atoms with Crippen LogP contribution in [0.3, 0.4) is 0 Å². The lowest BCUT2D eigenvalue weighted by molar-refractivity contribution is 0.103. The number of nitrogens with two attached hydrogens (primary N) is 1. The fourth-order valence-corrected chi connectivity index (χ4v) is 3.44. The van der Waals surface area contributed by atoms with Gasteiger partial charge >= 0.3 is 0 Å².